The Labute approximate surface area is 153 Å². The third kappa shape index (κ3) is 6.20. The van der Waals surface area contributed by atoms with E-state index in [4.69, 9.17) is 0 Å². The maximum absolute atomic E-state index is 13.2. The van der Waals surface area contributed by atoms with Gasteiger partial charge in [-0.15, -0.1) is 0 Å². The molecule has 0 aromatic heterocycles. The number of nitrogens with zero attached hydrogens (tertiary/aromatic N) is 1. The second-order valence-electron chi connectivity index (χ2n) is 5.74. The molecule has 5 nitrogen and oxygen atoms in total. The first-order valence-corrected chi connectivity index (χ1v) is 8.48. The van der Waals surface area contributed by atoms with Gasteiger partial charge in [-0.3, -0.25) is 4.99 Å². The SMILES string of the molecule is CN=C(NCCc1ccc(C(=O)OC)cc1)NCCc1cccc(F)c1. The lowest BCUT2D eigenvalue weighted by Gasteiger charge is -2.12. The first-order valence-electron chi connectivity index (χ1n) is 8.48. The van der Waals surface area contributed by atoms with Gasteiger partial charge in [-0.2, -0.15) is 0 Å². The highest BCUT2D eigenvalue weighted by Gasteiger charge is 2.04. The standard InChI is InChI=1S/C20H24FN3O2/c1-22-20(24-13-11-16-4-3-5-18(21)14-16)23-12-10-15-6-8-17(9-7-15)19(25)26-2/h3-9,14H,10-13H2,1-2H3,(H2,22,23,24). The minimum absolute atomic E-state index is 0.219. The van der Waals surface area contributed by atoms with Crippen LogP contribution in [0.2, 0.25) is 0 Å². The van der Waals surface area contributed by atoms with Crippen molar-refractivity contribution in [2.75, 3.05) is 27.2 Å². The topological polar surface area (TPSA) is 62.7 Å². The molecule has 138 valence electrons. The molecular weight excluding hydrogens is 333 g/mol. The normalized spacial score (nSPS) is 11.1. The van der Waals surface area contributed by atoms with Crippen LogP contribution in [0.5, 0.6) is 0 Å². The Morgan fingerprint density at radius 3 is 2.27 bits per heavy atom. The van der Waals surface area contributed by atoms with Crippen molar-refractivity contribution >= 4 is 11.9 Å². The maximum atomic E-state index is 13.2. The van der Waals surface area contributed by atoms with E-state index < -0.39 is 0 Å². The van der Waals surface area contributed by atoms with Crippen LogP contribution in [0.1, 0.15) is 21.5 Å². The zero-order valence-electron chi connectivity index (χ0n) is 15.1. The Hall–Kier alpha value is -2.89. The van der Waals surface area contributed by atoms with E-state index in [1.54, 1.807) is 25.2 Å². The molecule has 0 saturated carbocycles. The van der Waals surface area contributed by atoms with Crippen molar-refractivity contribution in [3.05, 3.63) is 71.0 Å². The average molecular weight is 357 g/mol. The van der Waals surface area contributed by atoms with E-state index in [1.807, 2.05) is 18.2 Å². The van der Waals surface area contributed by atoms with Crippen molar-refractivity contribution < 1.29 is 13.9 Å². The minimum Gasteiger partial charge on any atom is -0.465 e. The summed E-state index contributed by atoms with van der Waals surface area (Å²) in [5, 5.41) is 6.45. The van der Waals surface area contributed by atoms with Crippen molar-refractivity contribution in [3.8, 4) is 0 Å². The number of methoxy groups -OCH3 is 1. The van der Waals surface area contributed by atoms with Crippen molar-refractivity contribution in [2.45, 2.75) is 12.8 Å². The third-order valence-corrected chi connectivity index (χ3v) is 3.90. The molecule has 0 aliphatic heterocycles. The second kappa shape index (κ2) is 10.2. The fourth-order valence-electron chi connectivity index (χ4n) is 2.49. The number of carbonyl (C=O) groups excluding carboxylic acids is 1. The smallest absolute Gasteiger partial charge is 0.337 e. The molecule has 0 fully saturated rings. The number of hydrogen-bond acceptors (Lipinski definition) is 3. The van der Waals surface area contributed by atoms with E-state index in [0.29, 0.717) is 31.0 Å². The molecule has 2 N–H and O–H groups in total. The van der Waals surface area contributed by atoms with Gasteiger partial charge in [0.25, 0.3) is 0 Å². The van der Waals surface area contributed by atoms with Gasteiger partial charge in [0.1, 0.15) is 5.82 Å². The Balaban J connectivity index is 1.72. The monoisotopic (exact) mass is 357 g/mol. The Morgan fingerprint density at radius 2 is 1.69 bits per heavy atom. The van der Waals surface area contributed by atoms with E-state index in [-0.39, 0.29) is 11.8 Å². The molecule has 0 amide bonds. The number of esters is 1. The molecule has 26 heavy (non-hydrogen) atoms. The Morgan fingerprint density at radius 1 is 1.04 bits per heavy atom. The fraction of sp³-hybridized carbons (Fsp3) is 0.300. The second-order valence-corrected chi connectivity index (χ2v) is 5.74. The van der Waals surface area contributed by atoms with Gasteiger partial charge in [-0.05, 0) is 48.2 Å². The lowest BCUT2D eigenvalue weighted by Crippen LogP contribution is -2.39. The van der Waals surface area contributed by atoms with Crippen LogP contribution in [0.4, 0.5) is 4.39 Å². The number of rotatable bonds is 7. The molecule has 6 heteroatoms. The maximum Gasteiger partial charge on any atom is 0.337 e. The summed E-state index contributed by atoms with van der Waals surface area (Å²) < 4.78 is 17.8. The molecule has 2 aromatic carbocycles. The number of hydrogen-bond donors (Lipinski definition) is 2. The molecule has 2 aromatic rings. The summed E-state index contributed by atoms with van der Waals surface area (Å²) in [6.07, 6.45) is 1.51. The van der Waals surface area contributed by atoms with Gasteiger partial charge >= 0.3 is 5.97 Å². The predicted octanol–water partition coefficient (Wildman–Crippen LogP) is 2.56. The molecule has 0 atom stereocenters. The van der Waals surface area contributed by atoms with Gasteiger partial charge in [-0.25, -0.2) is 9.18 Å². The van der Waals surface area contributed by atoms with E-state index in [9.17, 15) is 9.18 Å². The minimum atomic E-state index is -0.336. The van der Waals surface area contributed by atoms with Crippen molar-refractivity contribution in [1.29, 1.82) is 0 Å². The van der Waals surface area contributed by atoms with Crippen LogP contribution in [0.3, 0.4) is 0 Å². The Kier molecular flexibility index (Phi) is 7.61. The summed E-state index contributed by atoms with van der Waals surface area (Å²) in [4.78, 5) is 15.6. The molecule has 0 bridgehead atoms. The molecule has 0 spiro atoms. The van der Waals surface area contributed by atoms with Crippen LogP contribution >= 0.6 is 0 Å². The summed E-state index contributed by atoms with van der Waals surface area (Å²) in [5.41, 5.74) is 2.60. The van der Waals surface area contributed by atoms with Gasteiger partial charge in [0, 0.05) is 20.1 Å². The number of benzene rings is 2. The zero-order valence-corrected chi connectivity index (χ0v) is 15.1. The van der Waals surface area contributed by atoms with Gasteiger partial charge in [0.2, 0.25) is 0 Å². The molecule has 0 unspecified atom stereocenters. The summed E-state index contributed by atoms with van der Waals surface area (Å²) in [7, 11) is 3.08. The first-order chi connectivity index (χ1) is 12.6. The summed E-state index contributed by atoms with van der Waals surface area (Å²) >= 11 is 0. The average Bonchev–Trinajstić information content (AvgIpc) is 2.66. The molecule has 0 heterocycles. The van der Waals surface area contributed by atoms with E-state index in [1.165, 1.54) is 19.2 Å². The van der Waals surface area contributed by atoms with E-state index in [2.05, 4.69) is 20.4 Å². The van der Waals surface area contributed by atoms with Gasteiger partial charge in [-0.1, -0.05) is 24.3 Å². The number of carbonyl (C=O) groups is 1. The lowest BCUT2D eigenvalue weighted by molar-refractivity contribution is 0.0600. The van der Waals surface area contributed by atoms with Gasteiger partial charge < -0.3 is 15.4 Å². The first kappa shape index (κ1) is 19.4. The largest absolute Gasteiger partial charge is 0.465 e. The number of halogens is 1. The highest BCUT2D eigenvalue weighted by Crippen LogP contribution is 2.06. The summed E-state index contributed by atoms with van der Waals surface area (Å²) in [6.45, 7) is 1.37. The highest BCUT2D eigenvalue weighted by molar-refractivity contribution is 5.89. The van der Waals surface area contributed by atoms with E-state index >= 15 is 0 Å². The predicted molar refractivity (Wildman–Crippen MR) is 101 cm³/mol. The highest BCUT2D eigenvalue weighted by atomic mass is 19.1. The number of ether oxygens (including phenoxy) is 1. The summed E-state index contributed by atoms with van der Waals surface area (Å²) in [6, 6.07) is 13.9. The molecule has 2 rings (SSSR count). The number of aliphatic imine (C=N–C) groups is 1. The molecule has 0 aliphatic rings. The quantitative estimate of drug-likeness (QED) is 0.454. The van der Waals surface area contributed by atoms with Crippen molar-refractivity contribution in [1.82, 2.24) is 10.6 Å². The Bertz CT molecular complexity index is 745. The lowest BCUT2D eigenvalue weighted by atomic mass is 10.1. The molecule has 0 saturated heterocycles. The molecular formula is C20H24FN3O2. The molecule has 0 radical (unpaired) electrons. The van der Waals surface area contributed by atoms with Gasteiger partial charge in [0.05, 0.1) is 12.7 Å². The van der Waals surface area contributed by atoms with Crippen LogP contribution in [-0.4, -0.2) is 39.2 Å². The van der Waals surface area contributed by atoms with Crippen molar-refractivity contribution in [3.63, 3.8) is 0 Å². The van der Waals surface area contributed by atoms with Crippen LogP contribution in [-0.2, 0) is 17.6 Å². The van der Waals surface area contributed by atoms with Crippen LogP contribution < -0.4 is 10.6 Å². The zero-order chi connectivity index (χ0) is 18.8. The van der Waals surface area contributed by atoms with E-state index in [0.717, 1.165) is 17.5 Å². The van der Waals surface area contributed by atoms with Crippen LogP contribution in [0.25, 0.3) is 0 Å². The van der Waals surface area contributed by atoms with Crippen LogP contribution in [0.15, 0.2) is 53.5 Å². The van der Waals surface area contributed by atoms with Crippen molar-refractivity contribution in [2.24, 2.45) is 4.99 Å². The third-order valence-electron chi connectivity index (χ3n) is 3.90. The molecule has 0 aliphatic carbocycles. The van der Waals surface area contributed by atoms with Crippen LogP contribution in [0, 0.1) is 5.82 Å². The summed E-state index contributed by atoms with van der Waals surface area (Å²) in [5.74, 6) is 0.147. The fourth-order valence-corrected chi connectivity index (χ4v) is 2.49. The van der Waals surface area contributed by atoms with Gasteiger partial charge in [0.15, 0.2) is 5.96 Å². The number of guanidine groups is 1. The number of nitrogens with one attached hydrogen (secondary N) is 2.